The molecule has 5 rings (SSSR count). The second-order valence-corrected chi connectivity index (χ2v) is 16.5. The number of urea groups is 1. The molecule has 2 aliphatic carbocycles. The smallest absolute Gasteiger partial charge is 0.407 e. The lowest BCUT2D eigenvalue weighted by molar-refractivity contribution is 0.0824. The number of hydrogen-bond acceptors (Lipinski definition) is 7. The Balaban J connectivity index is 1.38. The Morgan fingerprint density at radius 3 is 2.57 bits per heavy atom. The average Bonchev–Trinajstić information content (AvgIpc) is 3.48. The van der Waals surface area contributed by atoms with Crippen LogP contribution < -0.4 is 20.7 Å². The molecule has 0 spiro atoms. The lowest BCUT2D eigenvalue weighted by Crippen LogP contribution is -2.50. The van der Waals surface area contributed by atoms with Gasteiger partial charge in [-0.1, -0.05) is 42.8 Å². The molecule has 248 valence electrons. The van der Waals surface area contributed by atoms with E-state index < -0.39 is 21.6 Å². The zero-order valence-electron chi connectivity index (χ0n) is 27.2. The van der Waals surface area contributed by atoms with E-state index in [0.717, 1.165) is 54.0 Å². The summed E-state index contributed by atoms with van der Waals surface area (Å²) in [6.07, 6.45) is 6.99. The summed E-state index contributed by atoms with van der Waals surface area (Å²) in [5.41, 5.74) is 1.03. The van der Waals surface area contributed by atoms with Crippen LogP contribution in [0.1, 0.15) is 83.7 Å². The summed E-state index contributed by atoms with van der Waals surface area (Å²) < 4.78 is 35.6. The van der Waals surface area contributed by atoms with Gasteiger partial charge < -0.3 is 20.7 Å². The van der Waals surface area contributed by atoms with Crippen molar-refractivity contribution in [2.75, 3.05) is 5.32 Å². The first-order chi connectivity index (χ1) is 21.7. The molecule has 0 saturated heterocycles. The van der Waals surface area contributed by atoms with Crippen molar-refractivity contribution in [2.45, 2.75) is 108 Å². The number of amides is 3. The van der Waals surface area contributed by atoms with E-state index in [9.17, 15) is 18.0 Å². The van der Waals surface area contributed by atoms with Gasteiger partial charge in [0.15, 0.2) is 0 Å². The Labute approximate surface area is 276 Å². The number of nitrogens with zero attached hydrogens (tertiary/aromatic N) is 1. The zero-order valence-corrected chi connectivity index (χ0v) is 28.8. The minimum absolute atomic E-state index is 0.0734. The largest absolute Gasteiger partial charge is 0.447 e. The summed E-state index contributed by atoms with van der Waals surface area (Å²) in [4.78, 5) is 30.8. The second-order valence-electron chi connectivity index (χ2n) is 13.8. The van der Waals surface area contributed by atoms with Crippen molar-refractivity contribution in [2.24, 2.45) is 5.92 Å². The SMILES string of the molecule is CC(C)OC(=O)NC1CCC2(c3ncc(-c4ccc(NC(=O)NCc5ccccc5)cc4S(=O)(=O)NC(C)(C)C)s3)CCCC1C2. The predicted octanol–water partition coefficient (Wildman–Crippen LogP) is 6.93. The maximum absolute atomic E-state index is 13.8. The van der Waals surface area contributed by atoms with Gasteiger partial charge in [-0.15, -0.1) is 11.3 Å². The van der Waals surface area contributed by atoms with Crippen LogP contribution in [0.5, 0.6) is 0 Å². The van der Waals surface area contributed by atoms with Gasteiger partial charge in [0.25, 0.3) is 0 Å². The highest BCUT2D eigenvalue weighted by Crippen LogP contribution is 2.52. The molecule has 2 aromatic carbocycles. The van der Waals surface area contributed by atoms with Crippen LogP contribution in [0.3, 0.4) is 0 Å². The molecule has 1 aromatic heterocycles. The van der Waals surface area contributed by atoms with Crippen molar-refractivity contribution in [3.05, 3.63) is 65.3 Å². The number of anilines is 1. The highest BCUT2D eigenvalue weighted by Gasteiger charge is 2.47. The maximum Gasteiger partial charge on any atom is 0.407 e. The number of carbonyl (C=O) groups is 2. The number of aromatic nitrogens is 1. The summed E-state index contributed by atoms with van der Waals surface area (Å²) in [6.45, 7) is 9.40. The van der Waals surface area contributed by atoms with E-state index in [1.165, 1.54) is 17.4 Å². The van der Waals surface area contributed by atoms with Crippen molar-refractivity contribution in [3.63, 3.8) is 0 Å². The van der Waals surface area contributed by atoms with Crippen LogP contribution in [-0.2, 0) is 26.7 Å². The highest BCUT2D eigenvalue weighted by molar-refractivity contribution is 7.89. The van der Waals surface area contributed by atoms with Crippen LogP contribution in [0.15, 0.2) is 59.6 Å². The molecule has 2 saturated carbocycles. The predicted molar refractivity (Wildman–Crippen MR) is 181 cm³/mol. The number of sulfonamides is 1. The average molecular weight is 668 g/mol. The molecular weight excluding hydrogens is 623 g/mol. The number of fused-ring (bicyclic) bond motifs is 2. The van der Waals surface area contributed by atoms with Crippen LogP contribution >= 0.6 is 11.3 Å². The van der Waals surface area contributed by atoms with Crippen LogP contribution in [0.4, 0.5) is 15.3 Å². The fraction of sp³-hybridized carbons (Fsp3) is 0.500. The minimum Gasteiger partial charge on any atom is -0.447 e. The van der Waals surface area contributed by atoms with Crippen LogP contribution in [0.2, 0.25) is 0 Å². The highest BCUT2D eigenvalue weighted by atomic mass is 32.2. The van der Waals surface area contributed by atoms with Gasteiger partial charge in [0.05, 0.1) is 20.9 Å². The molecule has 10 nitrogen and oxygen atoms in total. The van der Waals surface area contributed by atoms with E-state index in [2.05, 4.69) is 20.7 Å². The Hall–Kier alpha value is -3.48. The van der Waals surface area contributed by atoms with E-state index in [0.29, 0.717) is 23.7 Å². The molecular formula is C34H45N5O5S2. The molecule has 4 N–H and O–H groups in total. The molecule has 12 heteroatoms. The third-order valence-corrected chi connectivity index (χ3v) is 11.6. The maximum atomic E-state index is 13.8. The molecule has 2 aliphatic rings. The lowest BCUT2D eigenvalue weighted by atomic mass is 9.60. The fourth-order valence-electron chi connectivity index (χ4n) is 6.62. The van der Waals surface area contributed by atoms with E-state index >= 15 is 0 Å². The summed E-state index contributed by atoms with van der Waals surface area (Å²) >= 11 is 1.53. The standard InChI is InChI=1S/C34H45N5O5S2/c1-22(2)44-32(41)38-27-15-17-34(16-9-12-24(27)19-34)30-35-21-28(45-30)26-14-13-25(18-29(26)46(42,43)39-33(3,4)5)37-31(40)36-20-23-10-7-6-8-11-23/h6-8,10-11,13-14,18,21-22,24,27,39H,9,12,15-17,19-20H2,1-5H3,(H,38,41)(H2,36,37,40). The number of thiazole rings is 1. The van der Waals surface area contributed by atoms with Gasteiger partial charge in [0, 0.05) is 41.0 Å². The van der Waals surface area contributed by atoms with E-state index in [-0.39, 0.29) is 28.5 Å². The van der Waals surface area contributed by atoms with Crippen molar-refractivity contribution in [1.29, 1.82) is 0 Å². The monoisotopic (exact) mass is 667 g/mol. The number of hydrogen-bond donors (Lipinski definition) is 4. The summed E-state index contributed by atoms with van der Waals surface area (Å²) in [7, 11) is -3.97. The molecule has 3 unspecified atom stereocenters. The summed E-state index contributed by atoms with van der Waals surface area (Å²) in [5, 5.41) is 9.70. The first-order valence-electron chi connectivity index (χ1n) is 15.9. The minimum atomic E-state index is -3.97. The number of nitrogens with one attached hydrogen (secondary N) is 4. The topological polar surface area (TPSA) is 139 Å². The molecule has 2 bridgehead atoms. The molecule has 3 atom stereocenters. The number of rotatable bonds is 9. The van der Waals surface area contributed by atoms with Gasteiger partial charge in [0.2, 0.25) is 10.0 Å². The van der Waals surface area contributed by atoms with E-state index in [1.807, 2.05) is 44.2 Å². The molecule has 0 radical (unpaired) electrons. The first kappa shape index (κ1) is 33.9. The lowest BCUT2D eigenvalue weighted by Gasteiger charge is -2.47. The summed E-state index contributed by atoms with van der Waals surface area (Å²) in [6, 6.07) is 14.2. The van der Waals surface area contributed by atoms with E-state index in [4.69, 9.17) is 9.72 Å². The van der Waals surface area contributed by atoms with Crippen molar-refractivity contribution >= 4 is 39.2 Å². The second kappa shape index (κ2) is 13.7. The Kier molecular flexibility index (Phi) is 10.1. The zero-order chi connectivity index (χ0) is 33.1. The van der Waals surface area contributed by atoms with Crippen LogP contribution in [-0.4, -0.2) is 43.2 Å². The van der Waals surface area contributed by atoms with E-state index in [1.54, 1.807) is 39.1 Å². The van der Waals surface area contributed by atoms with Crippen LogP contribution in [0, 0.1) is 5.92 Å². The number of alkyl carbamates (subject to hydrolysis) is 1. The third-order valence-electron chi connectivity index (χ3n) is 8.52. The molecule has 3 aromatic rings. The van der Waals surface area contributed by atoms with Crippen molar-refractivity contribution in [3.8, 4) is 10.4 Å². The Bertz CT molecular complexity index is 1650. The fourth-order valence-corrected chi connectivity index (χ4v) is 9.56. The number of carbonyl (C=O) groups excluding carboxylic acids is 2. The molecule has 1 heterocycles. The summed E-state index contributed by atoms with van der Waals surface area (Å²) in [5.74, 6) is 0.333. The number of benzene rings is 2. The van der Waals surface area contributed by atoms with Gasteiger partial charge in [-0.05, 0) is 90.3 Å². The quantitative estimate of drug-likeness (QED) is 0.195. The van der Waals surface area contributed by atoms with Gasteiger partial charge in [-0.25, -0.2) is 27.7 Å². The Morgan fingerprint density at radius 1 is 1.09 bits per heavy atom. The third kappa shape index (κ3) is 8.26. The van der Waals surface area contributed by atoms with Gasteiger partial charge >= 0.3 is 12.1 Å². The van der Waals surface area contributed by atoms with Crippen LogP contribution in [0.25, 0.3) is 10.4 Å². The normalized spacial score (nSPS) is 21.4. The van der Waals surface area contributed by atoms with Gasteiger partial charge in [-0.2, -0.15) is 0 Å². The number of ether oxygens (including phenoxy) is 1. The molecule has 3 amide bonds. The van der Waals surface area contributed by atoms with Gasteiger partial charge in [0.1, 0.15) is 0 Å². The van der Waals surface area contributed by atoms with Crippen molar-refractivity contribution in [1.82, 2.24) is 20.3 Å². The van der Waals surface area contributed by atoms with Crippen molar-refractivity contribution < 1.29 is 22.7 Å². The molecule has 2 fully saturated rings. The van der Waals surface area contributed by atoms with Gasteiger partial charge in [-0.3, -0.25) is 0 Å². The molecule has 46 heavy (non-hydrogen) atoms. The Morgan fingerprint density at radius 2 is 1.85 bits per heavy atom. The first-order valence-corrected chi connectivity index (χ1v) is 18.2. The molecule has 0 aliphatic heterocycles.